The van der Waals surface area contributed by atoms with E-state index in [1.54, 1.807) is 74.9 Å². The zero-order chi connectivity index (χ0) is 95.7. The number of ether oxygens (including phenoxy) is 10. The fourth-order valence-corrected chi connectivity index (χ4v) is 16.7. The van der Waals surface area contributed by atoms with E-state index >= 15 is 0 Å². The summed E-state index contributed by atoms with van der Waals surface area (Å²) < 4.78 is 209. The minimum atomic E-state index is -4.79. The Labute approximate surface area is 779 Å². The van der Waals surface area contributed by atoms with Crippen LogP contribution in [0.5, 0.6) is 57.5 Å². The number of nitrogens with zero attached hydrogens (tertiary/aromatic N) is 5. The molecule has 30 heteroatoms. The second-order valence-corrected chi connectivity index (χ2v) is 33.5. The van der Waals surface area contributed by atoms with Gasteiger partial charge in [0.2, 0.25) is 0 Å². The first kappa shape index (κ1) is 100. The molecule has 135 heavy (non-hydrogen) atoms. The molecule has 716 valence electrons. The first-order chi connectivity index (χ1) is 65.1. The third-order valence-corrected chi connectivity index (χ3v) is 23.3. The van der Waals surface area contributed by atoms with E-state index in [1.807, 2.05) is 93.8 Å². The molecule has 7 heterocycles. The molecule has 10 aromatic carbocycles. The number of rotatable bonds is 29. The number of halogens is 12. The summed E-state index contributed by atoms with van der Waals surface area (Å²) in [6, 6.07) is 56.5. The summed E-state index contributed by atoms with van der Waals surface area (Å²) in [5, 5.41) is 10.0. The molecular formula is C105H112F12N8O10. The van der Waals surface area contributed by atoms with Gasteiger partial charge < -0.3 is 78.0 Å². The van der Waals surface area contributed by atoms with Gasteiger partial charge in [-0.3, -0.25) is 9.80 Å². The van der Waals surface area contributed by atoms with Gasteiger partial charge in [0, 0.05) is 113 Å². The van der Waals surface area contributed by atoms with Gasteiger partial charge in [-0.05, 0) is 303 Å². The Hall–Kier alpha value is -12.3. The van der Waals surface area contributed by atoms with Gasteiger partial charge in [0.15, 0.2) is 0 Å². The number of likely N-dealkylation sites (N-methyl/N-ethyl adjacent to an activating group) is 4. The summed E-state index contributed by atoms with van der Waals surface area (Å²) in [5.41, 5.74) is 18.1. The van der Waals surface area contributed by atoms with Crippen LogP contribution in [-0.4, -0.2) is 231 Å². The molecule has 17 rings (SSSR count). The van der Waals surface area contributed by atoms with E-state index < -0.39 is 19.6 Å². The lowest BCUT2D eigenvalue weighted by molar-refractivity contribution is -0.274. The van der Waals surface area contributed by atoms with Crippen LogP contribution < -0.4 is 63.3 Å². The molecular weight excluding hydrogens is 1760 g/mol. The first-order valence-electron chi connectivity index (χ1n) is 44.7. The van der Waals surface area contributed by atoms with Crippen molar-refractivity contribution in [2.75, 3.05) is 187 Å². The molecule has 0 radical (unpaired) electrons. The van der Waals surface area contributed by atoms with Crippen LogP contribution in [0, 0.1) is 29.1 Å². The highest BCUT2D eigenvalue weighted by atomic mass is 19.4. The average Bonchev–Trinajstić information content (AvgIpc) is 0.786. The normalized spacial score (nSPS) is 15.4. The molecule has 0 bridgehead atoms. The number of piperazine rings is 1. The molecule has 0 aliphatic carbocycles. The maximum atomic E-state index is 13.5. The number of alkyl halides is 7. The Balaban J connectivity index is 0.000000143. The van der Waals surface area contributed by atoms with Crippen LogP contribution in [0.25, 0.3) is 27.9 Å². The number of likely N-dealkylation sites (tertiary alicyclic amines) is 1. The summed E-state index contributed by atoms with van der Waals surface area (Å²) >= 11 is 0. The van der Waals surface area contributed by atoms with Crippen LogP contribution >= 0.6 is 0 Å². The maximum Gasteiger partial charge on any atom is 0.573 e. The van der Waals surface area contributed by atoms with Crippen molar-refractivity contribution in [3.63, 3.8) is 0 Å². The number of nitrogens with one attached hydrogen (secondary N) is 3. The van der Waals surface area contributed by atoms with E-state index in [-0.39, 0.29) is 52.9 Å². The molecule has 7 aliphatic heterocycles. The van der Waals surface area contributed by atoms with E-state index in [2.05, 4.69) is 63.7 Å². The SMILES string of the molecule is CCNCC1=C(c2ccc(F)cc2)c2cc(OC)ccc2OC1.CN(C)CCNCC1=C(c2ccc(F)cc2)c2cc(OC(F)(F)F)ccc2OC1.CN(C)CCNCC1=C(c2ccc(F)cc2)c2cc(OC(F)F)ccc2OC1.CN1CCN(CC2=C(c3ccc(F)cc3)c3cc(OC(F)F)ccc3OC2)CC1.COc1ccc2c(c1)C(c1ccc(F)cc1)=C(CN1CCCCC1)CO2. The quantitative estimate of drug-likeness (QED) is 0.0302. The van der Waals surface area contributed by atoms with Gasteiger partial charge in [0.05, 0.1) is 14.2 Å². The third-order valence-electron chi connectivity index (χ3n) is 23.3. The number of methoxy groups -OCH3 is 2. The first-order valence-corrected chi connectivity index (χ1v) is 44.7. The fraction of sp³-hybridized carbons (Fsp3) is 0.333. The van der Waals surface area contributed by atoms with Crippen molar-refractivity contribution < 1.29 is 100 Å². The van der Waals surface area contributed by atoms with Crippen molar-refractivity contribution >= 4 is 27.9 Å². The van der Waals surface area contributed by atoms with Crippen molar-refractivity contribution in [3.05, 3.63) is 325 Å². The Morgan fingerprint density at radius 2 is 0.622 bits per heavy atom. The molecule has 0 amide bonds. The predicted octanol–water partition coefficient (Wildman–Crippen LogP) is 19.9. The lowest BCUT2D eigenvalue weighted by Crippen LogP contribution is -2.45. The van der Waals surface area contributed by atoms with E-state index in [9.17, 15) is 52.7 Å². The molecule has 10 aromatic rings. The lowest BCUT2D eigenvalue weighted by atomic mass is 9.90. The topological polar surface area (TPSA) is 145 Å². The highest BCUT2D eigenvalue weighted by molar-refractivity contribution is 5.91. The van der Waals surface area contributed by atoms with Crippen LogP contribution in [0.1, 0.15) is 81.8 Å². The van der Waals surface area contributed by atoms with Crippen molar-refractivity contribution in [3.8, 4) is 57.5 Å². The second kappa shape index (κ2) is 48.3. The van der Waals surface area contributed by atoms with E-state index in [0.29, 0.717) is 85.6 Å². The summed E-state index contributed by atoms with van der Waals surface area (Å²) in [6.45, 7) is 12.0. The highest BCUT2D eigenvalue weighted by Crippen LogP contribution is 2.47. The number of piperidine rings is 1. The van der Waals surface area contributed by atoms with Crippen LogP contribution in [0.3, 0.4) is 0 Å². The molecule has 2 saturated heterocycles. The van der Waals surface area contributed by atoms with Gasteiger partial charge in [-0.1, -0.05) is 74.0 Å². The van der Waals surface area contributed by atoms with Gasteiger partial charge in [0.25, 0.3) is 0 Å². The maximum absolute atomic E-state index is 13.5. The summed E-state index contributed by atoms with van der Waals surface area (Å²) in [6.07, 6.45) is -0.966. The van der Waals surface area contributed by atoms with Crippen molar-refractivity contribution in [1.82, 2.24) is 40.4 Å². The van der Waals surface area contributed by atoms with E-state index in [4.69, 9.17) is 33.2 Å². The molecule has 2 fully saturated rings. The van der Waals surface area contributed by atoms with Gasteiger partial charge in [-0.2, -0.15) is 17.6 Å². The van der Waals surface area contributed by atoms with Gasteiger partial charge >= 0.3 is 19.6 Å². The van der Waals surface area contributed by atoms with Crippen molar-refractivity contribution in [2.45, 2.75) is 45.8 Å². The summed E-state index contributed by atoms with van der Waals surface area (Å²) in [5.74, 6) is 3.19. The van der Waals surface area contributed by atoms with E-state index in [0.717, 1.165) is 192 Å². The van der Waals surface area contributed by atoms with Crippen LogP contribution in [0.2, 0.25) is 0 Å². The molecule has 0 atom stereocenters. The Kier molecular flexibility index (Phi) is 35.8. The number of benzene rings is 10. The van der Waals surface area contributed by atoms with Gasteiger partial charge in [0.1, 0.15) is 120 Å². The van der Waals surface area contributed by atoms with Crippen molar-refractivity contribution in [1.29, 1.82) is 0 Å². The fourth-order valence-electron chi connectivity index (χ4n) is 16.7. The minimum Gasteiger partial charge on any atom is -0.497 e. The second-order valence-electron chi connectivity index (χ2n) is 33.5. The standard InChI is InChI=1S/C22H23F3N2O2.C22H24FNO2.C21H22F4N2O2.C21H23F3N2O2.C19H20FNO2/c1-26-8-10-27(11-9-26)13-16-14-28-20-7-6-18(29-22(24)25)12-19(20)21(16)15-2-4-17(23)5-3-15;1-25-19-9-10-21-20(13-19)22(16-5-7-18(23)8-6-16)17(15-26-21)14-24-11-3-2-4-12-24;1-27(2)10-9-26-12-15-13-28-19-8-7-17(29-21(23,24)25)11-18(19)20(15)14-3-5-16(22)6-4-14;1-26(2)10-9-25-12-15-13-27-19-8-7-17(28-21(23)24)11-18(19)20(15)14-3-5-16(22)6-4-14;1-3-21-11-14-12-23-18-9-8-16(22-2)10-17(18)19(14)13-4-6-15(20)7-5-13/h2-7,12,22H,8-11,13-14H2,1H3;5-10,13H,2-4,11-12,14-15H2,1H3;3-8,11,26H,9-10,12-13H2,1-2H3;3-8,11,21,25H,9-10,12-13H2,1-2H3;4-10,21H,3,11-12H2,1-2H3. The molecule has 0 spiro atoms. The predicted molar refractivity (Wildman–Crippen MR) is 500 cm³/mol. The number of fused-ring (bicyclic) bond motifs is 5. The third kappa shape index (κ3) is 28.2. The van der Waals surface area contributed by atoms with Crippen LogP contribution in [0.15, 0.2) is 240 Å². The van der Waals surface area contributed by atoms with Crippen molar-refractivity contribution in [2.24, 2.45) is 0 Å². The molecule has 3 N–H and O–H groups in total. The smallest absolute Gasteiger partial charge is 0.497 e. The molecule has 18 nitrogen and oxygen atoms in total. The molecule has 0 unspecified atom stereocenters. The number of hydrogen-bond acceptors (Lipinski definition) is 18. The molecule has 0 saturated carbocycles. The number of hydrogen-bond donors (Lipinski definition) is 3. The molecule has 7 aliphatic rings. The average molecular weight is 1870 g/mol. The Morgan fingerprint density at radius 3 is 0.919 bits per heavy atom. The lowest BCUT2D eigenvalue weighted by Gasteiger charge is -2.34. The summed E-state index contributed by atoms with van der Waals surface area (Å²) in [4.78, 5) is 11.2. The Bertz CT molecular complexity index is 5770. The van der Waals surface area contributed by atoms with Gasteiger partial charge in [-0.15, -0.1) is 13.2 Å². The largest absolute Gasteiger partial charge is 0.573 e. The van der Waals surface area contributed by atoms with Gasteiger partial charge in [-0.25, -0.2) is 22.0 Å². The Morgan fingerprint density at radius 1 is 0.348 bits per heavy atom. The minimum absolute atomic E-state index is 0.0544. The zero-order valence-corrected chi connectivity index (χ0v) is 76.7. The zero-order valence-electron chi connectivity index (χ0n) is 76.7. The monoisotopic (exact) mass is 1870 g/mol. The highest BCUT2D eigenvalue weighted by Gasteiger charge is 2.34. The van der Waals surface area contributed by atoms with Crippen LogP contribution in [0.4, 0.5) is 52.7 Å². The van der Waals surface area contributed by atoms with E-state index in [1.165, 1.54) is 116 Å². The summed E-state index contributed by atoms with van der Waals surface area (Å²) in [7, 11) is 13.3. The molecule has 0 aromatic heterocycles. The van der Waals surface area contributed by atoms with Crippen LogP contribution in [-0.2, 0) is 0 Å².